The Morgan fingerprint density at radius 1 is 1.18 bits per heavy atom. The Morgan fingerprint density at radius 2 is 1.91 bits per heavy atom. The number of nitrogens with one attached hydrogen (secondary N) is 1. The Morgan fingerprint density at radius 3 is 2.53 bits per heavy atom. The van der Waals surface area contributed by atoms with Crippen molar-refractivity contribution in [3.8, 4) is 11.3 Å². The lowest BCUT2D eigenvalue weighted by atomic mass is 10.0. The fourth-order valence-electron chi connectivity index (χ4n) is 4.32. The van der Waals surface area contributed by atoms with Crippen molar-refractivity contribution in [1.29, 1.82) is 0 Å². The number of unbranched alkanes of at least 4 members (excludes halogenated alkanes) is 3. The van der Waals surface area contributed by atoms with Gasteiger partial charge in [-0.05, 0) is 43.7 Å². The molecule has 3 aromatic rings. The molecule has 0 unspecified atom stereocenters. The predicted octanol–water partition coefficient (Wildman–Crippen LogP) is 4.95. The lowest BCUT2D eigenvalue weighted by Gasteiger charge is -2.17. The summed E-state index contributed by atoms with van der Waals surface area (Å²) in [6.07, 6.45) is 6.11. The van der Waals surface area contributed by atoms with Crippen molar-refractivity contribution in [3.63, 3.8) is 0 Å². The second-order valence-electron chi connectivity index (χ2n) is 9.09. The molecule has 1 aromatic carbocycles. The van der Waals surface area contributed by atoms with Gasteiger partial charge >= 0.3 is 0 Å². The summed E-state index contributed by atoms with van der Waals surface area (Å²) < 4.78 is 31.6. The van der Waals surface area contributed by atoms with Gasteiger partial charge in [0.15, 0.2) is 0 Å². The molecular formula is C26H33N3O4S. The minimum atomic E-state index is -2.72. The van der Waals surface area contributed by atoms with Crippen LogP contribution >= 0.6 is 0 Å². The fraction of sp³-hybridized carbons (Fsp3) is 0.462. The molecule has 1 amide bonds. The van der Waals surface area contributed by atoms with Gasteiger partial charge in [0.05, 0.1) is 23.2 Å². The summed E-state index contributed by atoms with van der Waals surface area (Å²) >= 11 is 0. The van der Waals surface area contributed by atoms with Crippen molar-refractivity contribution >= 4 is 27.9 Å². The highest BCUT2D eigenvalue weighted by Gasteiger charge is 2.31. The van der Waals surface area contributed by atoms with Crippen molar-refractivity contribution in [3.05, 3.63) is 52.7 Å². The second-order valence-corrected chi connectivity index (χ2v) is 10.1. The molecule has 0 bridgehead atoms. The maximum atomic E-state index is 12.9. The number of hydrogen-bond acceptors (Lipinski definition) is 5. The van der Waals surface area contributed by atoms with Crippen LogP contribution in [0.15, 0.2) is 34.7 Å². The molecule has 7 nitrogen and oxygen atoms in total. The van der Waals surface area contributed by atoms with E-state index in [0.29, 0.717) is 34.9 Å². The van der Waals surface area contributed by atoms with Gasteiger partial charge in [0.2, 0.25) is 16.6 Å². The van der Waals surface area contributed by atoms with E-state index in [-0.39, 0.29) is 12.5 Å². The summed E-state index contributed by atoms with van der Waals surface area (Å²) in [5.41, 5.74) is 4.48. The van der Waals surface area contributed by atoms with Gasteiger partial charge in [-0.25, -0.2) is 13.4 Å². The van der Waals surface area contributed by atoms with Crippen LogP contribution in [-0.2, 0) is 17.4 Å². The van der Waals surface area contributed by atoms with Crippen LogP contribution < -0.4 is 5.32 Å². The zero-order valence-electron chi connectivity index (χ0n) is 20.1. The summed E-state index contributed by atoms with van der Waals surface area (Å²) in [5.74, 6) is 0.589. The zero-order chi connectivity index (χ0) is 24.2. The first kappa shape index (κ1) is 24.4. The van der Waals surface area contributed by atoms with Crippen LogP contribution in [0.25, 0.3) is 22.4 Å². The van der Waals surface area contributed by atoms with Crippen molar-refractivity contribution in [2.75, 3.05) is 13.6 Å². The first-order chi connectivity index (χ1) is 16.4. The molecule has 1 N–H and O–H groups in total. The lowest BCUT2D eigenvalue weighted by Crippen LogP contribution is -2.24. The van der Waals surface area contributed by atoms with E-state index in [0.717, 1.165) is 60.9 Å². The number of aryl methyl sites for hydroxylation is 1. The number of carbonyl (C=O) groups is 1. The molecule has 1 fully saturated rings. The number of fused-ring (bicyclic) bond motifs is 1. The number of pyridine rings is 1. The van der Waals surface area contributed by atoms with Crippen molar-refractivity contribution in [2.45, 2.75) is 64.8 Å². The number of carbonyl (C=O) groups excluding carboxylic acids is 1. The molecule has 1 aliphatic carbocycles. The average Bonchev–Trinajstić information content (AvgIpc) is 3.61. The zero-order valence-corrected chi connectivity index (χ0v) is 21.0. The van der Waals surface area contributed by atoms with E-state index in [1.54, 1.807) is 7.05 Å². The molecule has 1 saturated carbocycles. The van der Waals surface area contributed by atoms with E-state index in [4.69, 9.17) is 9.40 Å². The molecule has 2 heterocycles. The van der Waals surface area contributed by atoms with Crippen LogP contribution in [0.3, 0.4) is 0 Å². The number of rotatable bonds is 11. The molecule has 182 valence electrons. The number of furan rings is 1. The van der Waals surface area contributed by atoms with Crippen molar-refractivity contribution in [1.82, 2.24) is 14.6 Å². The Labute approximate surface area is 202 Å². The number of benzene rings is 1. The highest BCUT2D eigenvalue weighted by atomic mass is 32.2. The minimum absolute atomic E-state index is 0.225. The largest absolute Gasteiger partial charge is 0.437 e. The number of amides is 1. The standard InChI is InChI=1S/C26H33N3O4S/c1-4-5-6-7-14-29(34(31)32)16-22-20(18-12-13-18)15-21-23(25(30)27-3)24(33-26(21)28-22)19-10-8-17(2)9-11-19/h8-11,15,18,34H,4-7,12-14,16H2,1-3H3,(H,27,30). The maximum Gasteiger partial charge on any atom is 0.255 e. The maximum absolute atomic E-state index is 12.9. The van der Waals surface area contributed by atoms with Gasteiger partial charge < -0.3 is 9.73 Å². The Kier molecular flexibility index (Phi) is 7.68. The molecule has 1 aliphatic rings. The smallest absolute Gasteiger partial charge is 0.255 e. The Bertz CT molecular complexity index is 1240. The molecule has 0 spiro atoms. The van der Waals surface area contributed by atoms with Gasteiger partial charge in [-0.2, -0.15) is 4.31 Å². The van der Waals surface area contributed by atoms with Gasteiger partial charge in [0, 0.05) is 19.2 Å². The summed E-state index contributed by atoms with van der Waals surface area (Å²) in [6.45, 7) is 4.85. The Balaban J connectivity index is 1.77. The van der Waals surface area contributed by atoms with Gasteiger partial charge in [-0.15, -0.1) is 0 Å². The number of aromatic nitrogens is 1. The first-order valence-electron chi connectivity index (χ1n) is 12.1. The molecule has 4 rings (SSSR count). The van der Waals surface area contributed by atoms with Crippen LogP contribution in [0.5, 0.6) is 0 Å². The van der Waals surface area contributed by atoms with Gasteiger partial charge in [-0.1, -0.05) is 56.0 Å². The quantitative estimate of drug-likeness (QED) is 0.297. The van der Waals surface area contributed by atoms with E-state index in [1.165, 1.54) is 4.31 Å². The van der Waals surface area contributed by atoms with Crippen molar-refractivity contribution in [2.24, 2.45) is 0 Å². The third-order valence-electron chi connectivity index (χ3n) is 6.41. The number of nitrogens with zero attached hydrogens (tertiary/aromatic N) is 2. The topological polar surface area (TPSA) is 92.5 Å². The monoisotopic (exact) mass is 483 g/mol. The van der Waals surface area contributed by atoms with Gasteiger partial charge in [-0.3, -0.25) is 4.79 Å². The SMILES string of the molecule is CCCCCCN(Cc1nc2oc(-c3ccc(C)cc3)c(C(=O)NC)c2cc1C1CC1)[SH](=O)=O. The third kappa shape index (κ3) is 5.33. The lowest BCUT2D eigenvalue weighted by molar-refractivity contribution is 0.0964. The number of hydrogen-bond donors (Lipinski definition) is 2. The predicted molar refractivity (Wildman–Crippen MR) is 134 cm³/mol. The van der Waals surface area contributed by atoms with Gasteiger partial charge in [0.1, 0.15) is 5.76 Å². The Hall–Kier alpha value is -2.71. The molecular weight excluding hydrogens is 450 g/mol. The van der Waals surface area contributed by atoms with E-state index in [1.807, 2.05) is 37.3 Å². The molecule has 34 heavy (non-hydrogen) atoms. The van der Waals surface area contributed by atoms with Crippen molar-refractivity contribution < 1.29 is 17.6 Å². The molecule has 8 heteroatoms. The first-order valence-corrected chi connectivity index (χ1v) is 13.2. The number of thiol groups is 1. The summed E-state index contributed by atoms with van der Waals surface area (Å²) in [4.78, 5) is 17.7. The summed E-state index contributed by atoms with van der Waals surface area (Å²) in [7, 11) is -1.12. The highest BCUT2D eigenvalue weighted by Crippen LogP contribution is 2.44. The molecule has 0 aliphatic heterocycles. The van der Waals surface area contributed by atoms with Crippen LogP contribution in [0.2, 0.25) is 0 Å². The normalized spacial score (nSPS) is 13.8. The molecule has 2 aromatic heterocycles. The van der Waals surface area contributed by atoms with E-state index in [2.05, 4.69) is 12.2 Å². The van der Waals surface area contributed by atoms with Crippen LogP contribution in [0.4, 0.5) is 0 Å². The second kappa shape index (κ2) is 10.7. The molecule has 0 atom stereocenters. The van der Waals surface area contributed by atoms with Crippen LogP contribution in [0, 0.1) is 6.92 Å². The summed E-state index contributed by atoms with van der Waals surface area (Å²) in [6, 6.07) is 9.82. The molecule has 0 saturated heterocycles. The molecule has 0 radical (unpaired) electrons. The third-order valence-corrected chi connectivity index (χ3v) is 7.22. The van der Waals surface area contributed by atoms with E-state index >= 15 is 0 Å². The van der Waals surface area contributed by atoms with Crippen LogP contribution in [-0.4, -0.2) is 37.2 Å². The average molecular weight is 484 g/mol. The fourth-order valence-corrected chi connectivity index (χ4v) is 4.87. The van der Waals surface area contributed by atoms with E-state index in [9.17, 15) is 13.2 Å². The minimum Gasteiger partial charge on any atom is -0.437 e. The highest BCUT2D eigenvalue weighted by molar-refractivity contribution is 7.69. The summed E-state index contributed by atoms with van der Waals surface area (Å²) in [5, 5.41) is 3.39. The van der Waals surface area contributed by atoms with Gasteiger partial charge in [0.25, 0.3) is 5.91 Å². The van der Waals surface area contributed by atoms with Crippen LogP contribution in [0.1, 0.15) is 78.5 Å². The van der Waals surface area contributed by atoms with E-state index < -0.39 is 10.9 Å².